The van der Waals surface area contributed by atoms with Crippen LogP contribution in [0.1, 0.15) is 27.5 Å². The molecule has 2 N–H and O–H groups in total. The number of nitrogens with zero attached hydrogens (tertiary/aromatic N) is 1. The van der Waals surface area contributed by atoms with E-state index in [1.165, 1.54) is 18.2 Å². The van der Waals surface area contributed by atoms with Crippen molar-refractivity contribution >= 4 is 68.7 Å². The van der Waals surface area contributed by atoms with E-state index >= 15 is 0 Å². The van der Waals surface area contributed by atoms with Gasteiger partial charge in [0.15, 0.2) is 0 Å². The number of carbonyl (C=O) groups excluding carboxylic acids is 2. The molecule has 0 aliphatic carbocycles. The van der Waals surface area contributed by atoms with Gasteiger partial charge in [0.05, 0.1) is 11.3 Å². The molecule has 0 radical (unpaired) electrons. The number of benzene rings is 3. The summed E-state index contributed by atoms with van der Waals surface area (Å²) < 4.78 is 43.4. The van der Waals surface area contributed by atoms with Gasteiger partial charge in [0.25, 0.3) is 11.8 Å². The van der Waals surface area contributed by atoms with Crippen molar-refractivity contribution in [1.82, 2.24) is 4.90 Å². The number of ether oxygens (including phenoxy) is 1. The number of hydrogen-bond acceptors (Lipinski definition) is 4. The molecule has 0 saturated heterocycles. The second-order valence-electron chi connectivity index (χ2n) is 8.10. The Morgan fingerprint density at radius 2 is 1.62 bits per heavy atom. The molecule has 2 unspecified atom stereocenters. The van der Waals surface area contributed by atoms with Crippen LogP contribution in [0.25, 0.3) is 0 Å². The quantitative estimate of drug-likeness (QED) is 0.321. The van der Waals surface area contributed by atoms with Crippen molar-refractivity contribution in [3.8, 4) is 5.75 Å². The molecular formula is C25H17F3I2N2O5. The summed E-state index contributed by atoms with van der Waals surface area (Å²) in [5.74, 6) is -3.26. The van der Waals surface area contributed by atoms with Crippen LogP contribution in [-0.2, 0) is 16.0 Å². The highest BCUT2D eigenvalue weighted by Gasteiger charge is 2.43. The molecule has 192 valence electrons. The molecule has 1 aliphatic rings. The Labute approximate surface area is 236 Å². The Kier molecular flexibility index (Phi) is 7.96. The zero-order chi connectivity index (χ0) is 26.9. The van der Waals surface area contributed by atoms with Crippen molar-refractivity contribution in [1.29, 1.82) is 0 Å². The maximum absolute atomic E-state index is 13.9. The zero-order valence-electron chi connectivity index (χ0n) is 18.6. The van der Waals surface area contributed by atoms with Crippen LogP contribution in [-0.4, -0.2) is 40.2 Å². The van der Waals surface area contributed by atoms with Crippen LogP contribution >= 0.6 is 45.2 Å². The number of aliphatic carboxylic acids is 1. The van der Waals surface area contributed by atoms with Crippen molar-refractivity contribution in [2.45, 2.75) is 24.9 Å². The summed E-state index contributed by atoms with van der Waals surface area (Å²) >= 11 is 4.11. The van der Waals surface area contributed by atoms with Crippen LogP contribution in [0.4, 0.5) is 18.9 Å². The zero-order valence-corrected chi connectivity index (χ0v) is 22.9. The summed E-state index contributed by atoms with van der Waals surface area (Å²) in [6.45, 7) is 0. The minimum atomic E-state index is -4.91. The average molecular weight is 736 g/mol. The number of rotatable bonds is 6. The average Bonchev–Trinajstić information content (AvgIpc) is 2.92. The van der Waals surface area contributed by atoms with Crippen LogP contribution in [0.5, 0.6) is 5.75 Å². The first-order valence-electron chi connectivity index (χ1n) is 10.7. The summed E-state index contributed by atoms with van der Waals surface area (Å²) in [6.07, 6.45) is -5.01. The molecule has 1 heterocycles. The molecule has 3 aromatic rings. The van der Waals surface area contributed by atoms with Gasteiger partial charge in [-0.15, -0.1) is 13.2 Å². The van der Waals surface area contributed by atoms with Crippen LogP contribution < -0.4 is 10.1 Å². The Hall–Kier alpha value is -2.88. The number of hydrogen-bond donors (Lipinski definition) is 2. The summed E-state index contributed by atoms with van der Waals surface area (Å²) in [5.41, 5.74) is 1.06. The lowest BCUT2D eigenvalue weighted by Crippen LogP contribution is -2.50. The molecule has 0 spiro atoms. The van der Waals surface area contributed by atoms with E-state index in [4.69, 9.17) is 0 Å². The molecule has 7 nitrogen and oxygen atoms in total. The molecule has 3 aromatic carbocycles. The number of fused-ring (bicyclic) bond motifs is 1. The molecule has 2 atom stereocenters. The van der Waals surface area contributed by atoms with Crippen LogP contribution in [0, 0.1) is 7.14 Å². The van der Waals surface area contributed by atoms with E-state index < -0.39 is 42.0 Å². The number of amides is 2. The summed E-state index contributed by atoms with van der Waals surface area (Å²) in [6, 6.07) is 13.3. The molecule has 12 heteroatoms. The van der Waals surface area contributed by atoms with Gasteiger partial charge >= 0.3 is 12.3 Å². The Balaban J connectivity index is 1.82. The SMILES string of the molecule is O=C(O)C(Cc1ccc(I)cc1)N1C(=O)c2cc(I)ccc2NC(=O)C1c1ccc(OC(F)(F)F)cc1. The monoisotopic (exact) mass is 736 g/mol. The third-order valence-electron chi connectivity index (χ3n) is 5.62. The van der Waals surface area contributed by atoms with Gasteiger partial charge in [-0.05, 0) is 98.8 Å². The summed E-state index contributed by atoms with van der Waals surface area (Å²) in [7, 11) is 0. The Morgan fingerprint density at radius 3 is 2.22 bits per heavy atom. The van der Waals surface area contributed by atoms with E-state index in [0.29, 0.717) is 9.13 Å². The highest BCUT2D eigenvalue weighted by atomic mass is 127. The predicted molar refractivity (Wildman–Crippen MR) is 144 cm³/mol. The molecule has 2 amide bonds. The van der Waals surface area contributed by atoms with Gasteiger partial charge in [0, 0.05) is 13.6 Å². The van der Waals surface area contributed by atoms with Gasteiger partial charge in [0.1, 0.15) is 17.8 Å². The fraction of sp³-hybridized carbons (Fsp3) is 0.160. The predicted octanol–water partition coefficient (Wildman–Crippen LogP) is 5.63. The molecule has 37 heavy (non-hydrogen) atoms. The summed E-state index contributed by atoms with van der Waals surface area (Å²) in [5, 5.41) is 12.9. The van der Waals surface area contributed by atoms with Crippen molar-refractivity contribution in [2.75, 3.05) is 5.32 Å². The molecular weight excluding hydrogens is 719 g/mol. The highest BCUT2D eigenvalue weighted by molar-refractivity contribution is 14.1. The maximum Gasteiger partial charge on any atom is 0.573 e. The highest BCUT2D eigenvalue weighted by Crippen LogP contribution is 2.35. The smallest absolute Gasteiger partial charge is 0.480 e. The minimum absolute atomic E-state index is 0.101. The van der Waals surface area contributed by atoms with Gasteiger partial charge < -0.3 is 20.1 Å². The number of halogens is 5. The van der Waals surface area contributed by atoms with E-state index in [9.17, 15) is 32.7 Å². The minimum Gasteiger partial charge on any atom is -0.480 e. The van der Waals surface area contributed by atoms with E-state index in [1.54, 1.807) is 36.4 Å². The number of carboxylic acid groups (broad SMARTS) is 1. The van der Waals surface area contributed by atoms with Crippen molar-refractivity contribution in [3.63, 3.8) is 0 Å². The molecule has 0 saturated carbocycles. The fourth-order valence-corrected chi connectivity index (χ4v) is 4.87. The standard InChI is InChI=1S/C25H17F3I2N2O5/c26-25(27,28)37-17-8-3-14(4-9-17)21-22(33)31-19-10-7-16(30)12-18(19)23(34)32(21)20(24(35)36)11-13-1-5-15(29)6-2-13/h1-10,12,20-21H,11H2,(H,31,33)(H,35,36). The third-order valence-corrected chi connectivity index (χ3v) is 7.01. The molecule has 4 rings (SSSR count). The van der Waals surface area contributed by atoms with Crippen molar-refractivity contribution < 1.29 is 37.4 Å². The molecule has 0 aromatic heterocycles. The van der Waals surface area contributed by atoms with Gasteiger partial charge in [-0.1, -0.05) is 24.3 Å². The topological polar surface area (TPSA) is 95.9 Å². The first-order chi connectivity index (χ1) is 17.4. The maximum atomic E-state index is 13.9. The first-order valence-corrected chi connectivity index (χ1v) is 12.8. The molecule has 0 bridgehead atoms. The second-order valence-corrected chi connectivity index (χ2v) is 10.6. The van der Waals surface area contributed by atoms with Crippen LogP contribution in [0.15, 0.2) is 66.7 Å². The Bertz CT molecular complexity index is 1350. The first kappa shape index (κ1) is 27.2. The third kappa shape index (κ3) is 6.34. The largest absolute Gasteiger partial charge is 0.573 e. The number of nitrogens with one attached hydrogen (secondary N) is 1. The molecule has 0 fully saturated rings. The van der Waals surface area contributed by atoms with E-state index in [-0.39, 0.29) is 23.2 Å². The summed E-state index contributed by atoms with van der Waals surface area (Å²) in [4.78, 5) is 40.8. The fourth-order valence-electron chi connectivity index (χ4n) is 4.02. The van der Waals surface area contributed by atoms with Gasteiger partial charge in [0.2, 0.25) is 0 Å². The lowest BCUT2D eigenvalue weighted by atomic mass is 9.98. The van der Waals surface area contributed by atoms with Gasteiger partial charge in [-0.2, -0.15) is 0 Å². The normalized spacial score (nSPS) is 16.5. The van der Waals surface area contributed by atoms with Crippen molar-refractivity contribution in [2.24, 2.45) is 0 Å². The van der Waals surface area contributed by atoms with E-state index in [2.05, 4.69) is 32.6 Å². The number of carbonyl (C=O) groups is 3. The lowest BCUT2D eigenvalue weighted by molar-refractivity contribution is -0.274. The van der Waals surface area contributed by atoms with E-state index in [0.717, 1.165) is 20.6 Å². The second kappa shape index (κ2) is 10.8. The van der Waals surface area contributed by atoms with Crippen LogP contribution in [0.3, 0.4) is 0 Å². The van der Waals surface area contributed by atoms with Crippen molar-refractivity contribution in [3.05, 3.63) is 90.6 Å². The lowest BCUT2D eigenvalue weighted by Gasteiger charge is -2.34. The molecule has 1 aliphatic heterocycles. The van der Waals surface area contributed by atoms with Crippen LogP contribution in [0.2, 0.25) is 0 Å². The van der Waals surface area contributed by atoms with Gasteiger partial charge in [-0.25, -0.2) is 4.79 Å². The number of alkyl halides is 3. The Morgan fingerprint density at radius 1 is 1.00 bits per heavy atom. The van der Waals surface area contributed by atoms with Gasteiger partial charge in [-0.3, -0.25) is 9.59 Å². The number of anilines is 1. The van der Waals surface area contributed by atoms with E-state index in [1.807, 2.05) is 22.6 Å². The number of carboxylic acids is 1.